The average Bonchev–Trinajstić information content (AvgIpc) is 2.60. The van der Waals surface area contributed by atoms with Crippen molar-refractivity contribution in [1.29, 1.82) is 0 Å². The Morgan fingerprint density at radius 3 is 3.00 bits per heavy atom. The predicted octanol–water partition coefficient (Wildman–Crippen LogP) is 1.89. The predicted molar refractivity (Wildman–Crippen MR) is 53.8 cm³/mol. The van der Waals surface area contributed by atoms with E-state index in [1.54, 1.807) is 6.92 Å². The Balaban J connectivity index is 1.93. The minimum atomic E-state index is -0.551. The number of hydrogen-bond donors (Lipinski definition) is 0. The van der Waals surface area contributed by atoms with Gasteiger partial charge in [0, 0.05) is 5.25 Å². The lowest BCUT2D eigenvalue weighted by Gasteiger charge is -2.22. The van der Waals surface area contributed by atoms with Crippen LogP contribution in [0.1, 0.15) is 36.9 Å². The zero-order valence-corrected chi connectivity index (χ0v) is 9.25. The van der Waals surface area contributed by atoms with Gasteiger partial charge in [0.05, 0.1) is 6.61 Å². The first-order chi connectivity index (χ1) is 7.29. The highest BCUT2D eigenvalue weighted by molar-refractivity contribution is 7.99. The Morgan fingerprint density at radius 2 is 2.40 bits per heavy atom. The molecule has 82 valence electrons. The second-order valence-electron chi connectivity index (χ2n) is 3.26. The molecule has 5 nitrogen and oxygen atoms in total. The monoisotopic (exact) mass is 228 g/mol. The SMILES string of the molecule is CCOC(=O)c1nnc(SC2CCC2)o1. The molecule has 1 saturated carbocycles. The van der Waals surface area contributed by atoms with Gasteiger partial charge in [0.15, 0.2) is 0 Å². The maximum atomic E-state index is 11.2. The number of aromatic nitrogens is 2. The Morgan fingerprint density at radius 1 is 1.60 bits per heavy atom. The van der Waals surface area contributed by atoms with Gasteiger partial charge in [-0.15, -0.1) is 5.10 Å². The van der Waals surface area contributed by atoms with E-state index < -0.39 is 5.97 Å². The van der Waals surface area contributed by atoms with Crippen LogP contribution in [0.3, 0.4) is 0 Å². The fourth-order valence-corrected chi connectivity index (χ4v) is 2.23. The van der Waals surface area contributed by atoms with Crippen LogP contribution in [0.15, 0.2) is 9.64 Å². The van der Waals surface area contributed by atoms with Gasteiger partial charge in [-0.2, -0.15) is 0 Å². The number of nitrogens with zero attached hydrogens (tertiary/aromatic N) is 2. The number of hydrogen-bond acceptors (Lipinski definition) is 6. The van der Waals surface area contributed by atoms with Gasteiger partial charge in [-0.3, -0.25) is 0 Å². The van der Waals surface area contributed by atoms with Gasteiger partial charge in [0.25, 0.3) is 5.22 Å². The lowest BCUT2D eigenvalue weighted by Crippen LogP contribution is -2.12. The third kappa shape index (κ3) is 2.50. The summed E-state index contributed by atoms with van der Waals surface area (Å²) in [7, 11) is 0. The zero-order chi connectivity index (χ0) is 10.7. The van der Waals surface area contributed by atoms with E-state index in [4.69, 9.17) is 9.15 Å². The minimum Gasteiger partial charge on any atom is -0.459 e. The molecule has 0 spiro atoms. The molecule has 0 unspecified atom stereocenters. The third-order valence-corrected chi connectivity index (χ3v) is 3.35. The van der Waals surface area contributed by atoms with Crippen molar-refractivity contribution in [3.63, 3.8) is 0 Å². The quantitative estimate of drug-likeness (QED) is 0.733. The van der Waals surface area contributed by atoms with Gasteiger partial charge < -0.3 is 9.15 Å². The third-order valence-electron chi connectivity index (χ3n) is 2.18. The number of carbonyl (C=O) groups is 1. The van der Waals surface area contributed by atoms with Crippen molar-refractivity contribution in [2.75, 3.05) is 6.61 Å². The summed E-state index contributed by atoms with van der Waals surface area (Å²) in [6.07, 6.45) is 3.63. The molecule has 0 saturated heterocycles. The van der Waals surface area contributed by atoms with Crippen LogP contribution >= 0.6 is 11.8 Å². The number of thioether (sulfide) groups is 1. The van der Waals surface area contributed by atoms with Gasteiger partial charge in [-0.05, 0) is 19.8 Å². The summed E-state index contributed by atoms with van der Waals surface area (Å²) in [5, 5.41) is 8.45. The Hall–Kier alpha value is -1.04. The highest BCUT2D eigenvalue weighted by atomic mass is 32.2. The number of carbonyl (C=O) groups excluding carboxylic acids is 1. The summed E-state index contributed by atoms with van der Waals surface area (Å²) in [6, 6.07) is 0. The van der Waals surface area contributed by atoms with Crippen LogP contribution in [-0.4, -0.2) is 28.0 Å². The Kier molecular flexibility index (Phi) is 3.25. The maximum Gasteiger partial charge on any atom is 0.396 e. The van der Waals surface area contributed by atoms with E-state index in [1.807, 2.05) is 0 Å². The van der Waals surface area contributed by atoms with Crippen LogP contribution in [0, 0.1) is 0 Å². The molecule has 1 aliphatic rings. The molecule has 0 amide bonds. The van der Waals surface area contributed by atoms with Crippen LogP contribution in [0.2, 0.25) is 0 Å². The fourth-order valence-electron chi connectivity index (χ4n) is 1.16. The molecule has 0 N–H and O–H groups in total. The molecule has 6 heteroatoms. The van der Waals surface area contributed by atoms with E-state index in [-0.39, 0.29) is 5.89 Å². The number of esters is 1. The summed E-state index contributed by atoms with van der Waals surface area (Å²) in [4.78, 5) is 11.2. The summed E-state index contributed by atoms with van der Waals surface area (Å²) < 4.78 is 9.91. The molecule has 0 bridgehead atoms. The average molecular weight is 228 g/mol. The van der Waals surface area contributed by atoms with Crippen molar-refractivity contribution in [1.82, 2.24) is 10.2 Å². The van der Waals surface area contributed by atoms with Gasteiger partial charge in [-0.1, -0.05) is 23.3 Å². The molecular formula is C9H12N2O3S. The standard InChI is InChI=1S/C9H12N2O3S/c1-2-13-8(12)7-10-11-9(14-7)15-6-4-3-5-6/h6H,2-5H2,1H3. The van der Waals surface area contributed by atoms with Crippen LogP contribution in [0.25, 0.3) is 0 Å². The van der Waals surface area contributed by atoms with E-state index in [9.17, 15) is 4.79 Å². The molecule has 15 heavy (non-hydrogen) atoms. The molecule has 0 atom stereocenters. The first kappa shape index (κ1) is 10.5. The van der Waals surface area contributed by atoms with E-state index in [0.29, 0.717) is 17.1 Å². The van der Waals surface area contributed by atoms with Gasteiger partial charge in [-0.25, -0.2) is 4.79 Å². The Labute approximate surface area is 91.6 Å². The lowest BCUT2D eigenvalue weighted by molar-refractivity contribution is 0.0475. The largest absolute Gasteiger partial charge is 0.459 e. The Bertz CT molecular complexity index is 349. The van der Waals surface area contributed by atoms with E-state index in [2.05, 4.69) is 10.2 Å². The molecule has 0 radical (unpaired) electrons. The van der Waals surface area contributed by atoms with E-state index in [0.717, 1.165) is 0 Å². The first-order valence-corrected chi connectivity index (χ1v) is 5.85. The highest BCUT2D eigenvalue weighted by Crippen LogP contribution is 2.35. The van der Waals surface area contributed by atoms with Gasteiger partial charge in [0.1, 0.15) is 0 Å². The fraction of sp³-hybridized carbons (Fsp3) is 0.667. The zero-order valence-electron chi connectivity index (χ0n) is 8.43. The molecular weight excluding hydrogens is 216 g/mol. The van der Waals surface area contributed by atoms with Crippen molar-refractivity contribution in [2.45, 2.75) is 36.7 Å². The molecule has 0 aliphatic heterocycles. The molecule has 1 fully saturated rings. The van der Waals surface area contributed by atoms with Gasteiger partial charge in [0.2, 0.25) is 0 Å². The minimum absolute atomic E-state index is 0.0568. The summed E-state index contributed by atoms with van der Waals surface area (Å²) in [6.45, 7) is 2.05. The molecule has 2 rings (SSSR count). The molecule has 1 aromatic heterocycles. The first-order valence-electron chi connectivity index (χ1n) is 4.97. The van der Waals surface area contributed by atoms with Crippen molar-refractivity contribution in [2.24, 2.45) is 0 Å². The second kappa shape index (κ2) is 4.65. The van der Waals surface area contributed by atoms with E-state index >= 15 is 0 Å². The van der Waals surface area contributed by atoms with Crippen molar-refractivity contribution >= 4 is 17.7 Å². The summed E-state index contributed by atoms with van der Waals surface area (Å²) in [5.41, 5.74) is 0. The van der Waals surface area contributed by atoms with Gasteiger partial charge >= 0.3 is 11.9 Å². The summed E-state index contributed by atoms with van der Waals surface area (Å²) >= 11 is 1.54. The van der Waals surface area contributed by atoms with Crippen LogP contribution in [0.4, 0.5) is 0 Å². The highest BCUT2D eigenvalue weighted by Gasteiger charge is 2.23. The molecule has 1 aliphatic carbocycles. The van der Waals surface area contributed by atoms with Crippen molar-refractivity contribution < 1.29 is 13.9 Å². The van der Waals surface area contributed by atoms with E-state index in [1.165, 1.54) is 31.0 Å². The van der Waals surface area contributed by atoms with Crippen LogP contribution in [0.5, 0.6) is 0 Å². The smallest absolute Gasteiger partial charge is 0.396 e. The maximum absolute atomic E-state index is 11.2. The topological polar surface area (TPSA) is 65.2 Å². The normalized spacial score (nSPS) is 16.1. The van der Waals surface area contributed by atoms with Crippen LogP contribution < -0.4 is 0 Å². The number of ether oxygens (including phenoxy) is 1. The summed E-state index contributed by atoms with van der Waals surface area (Å²) in [5.74, 6) is -0.607. The molecule has 1 aromatic rings. The lowest BCUT2D eigenvalue weighted by atomic mass is 10.0. The second-order valence-corrected chi connectivity index (χ2v) is 4.52. The van der Waals surface area contributed by atoms with Crippen LogP contribution in [-0.2, 0) is 4.74 Å². The number of rotatable bonds is 4. The van der Waals surface area contributed by atoms with Crippen molar-refractivity contribution in [3.05, 3.63) is 5.89 Å². The molecule has 1 heterocycles. The van der Waals surface area contributed by atoms with Crippen molar-refractivity contribution in [3.8, 4) is 0 Å². The molecule has 0 aromatic carbocycles.